The molecule has 1 amide bonds. The molecule has 6 nitrogen and oxygen atoms in total. The molecule has 4 atom stereocenters. The number of carboxylic acid groups (broad SMARTS) is 1. The van der Waals surface area contributed by atoms with E-state index in [1.54, 1.807) is 6.92 Å². The van der Waals surface area contributed by atoms with Crippen molar-refractivity contribution in [2.75, 3.05) is 0 Å². The minimum absolute atomic E-state index is 0.0443. The summed E-state index contributed by atoms with van der Waals surface area (Å²) in [5, 5.41) is 10.1. The number of hydrogen-bond donors (Lipinski definition) is 2. The second-order valence-corrected chi connectivity index (χ2v) is 10.1. The number of nitrogens with zero attached hydrogens (tertiary/aromatic N) is 2. The number of benzene rings is 1. The Bertz CT molecular complexity index is 1080. The van der Waals surface area contributed by atoms with Crippen LogP contribution in [-0.4, -0.2) is 27.0 Å². The molecule has 1 aromatic carbocycles. The standard InChI is InChI=1S/C25H29N3O3/c1-14-20(28-21(22(26)29)15(2)27-14)16-5-7-19(8-6-16)25-10-17-4-3-9-24(13-25,23(30)31)11-18(17)12-25/h5-8,17-18H,3-4,9-13H2,1-2H3,(H2,26,29)(H,30,31). The largest absolute Gasteiger partial charge is 0.481 e. The lowest BCUT2D eigenvalue weighted by Crippen LogP contribution is -2.43. The van der Waals surface area contributed by atoms with E-state index in [-0.39, 0.29) is 11.1 Å². The molecular weight excluding hydrogens is 390 g/mol. The van der Waals surface area contributed by atoms with Crippen LogP contribution < -0.4 is 5.73 Å². The maximum atomic E-state index is 12.3. The van der Waals surface area contributed by atoms with Gasteiger partial charge in [-0.2, -0.15) is 0 Å². The minimum Gasteiger partial charge on any atom is -0.481 e. The fourth-order valence-corrected chi connectivity index (χ4v) is 6.98. The highest BCUT2D eigenvalue weighted by Gasteiger charge is 2.60. The van der Waals surface area contributed by atoms with Crippen LogP contribution in [0.1, 0.15) is 72.4 Å². The van der Waals surface area contributed by atoms with Crippen LogP contribution >= 0.6 is 0 Å². The topological polar surface area (TPSA) is 106 Å². The lowest BCUT2D eigenvalue weighted by Gasteiger charge is -2.44. The van der Waals surface area contributed by atoms with E-state index < -0.39 is 17.3 Å². The summed E-state index contributed by atoms with van der Waals surface area (Å²) in [6.07, 6.45) is 6.80. The summed E-state index contributed by atoms with van der Waals surface area (Å²) in [5.41, 5.74) is 9.14. The van der Waals surface area contributed by atoms with Gasteiger partial charge in [-0.25, -0.2) is 4.98 Å². The van der Waals surface area contributed by atoms with Crippen molar-refractivity contribution >= 4 is 11.9 Å². The smallest absolute Gasteiger partial charge is 0.309 e. The summed E-state index contributed by atoms with van der Waals surface area (Å²) in [7, 11) is 0. The number of aryl methyl sites for hydroxylation is 2. The van der Waals surface area contributed by atoms with Gasteiger partial charge in [0.25, 0.3) is 5.91 Å². The van der Waals surface area contributed by atoms with Gasteiger partial charge in [0.05, 0.1) is 22.5 Å². The molecule has 5 rings (SSSR count). The molecule has 0 radical (unpaired) electrons. The zero-order valence-electron chi connectivity index (χ0n) is 18.1. The Morgan fingerprint density at radius 2 is 1.74 bits per heavy atom. The summed E-state index contributed by atoms with van der Waals surface area (Å²) in [5.74, 6) is -0.0150. The number of carbonyl (C=O) groups is 2. The second kappa shape index (κ2) is 6.87. The van der Waals surface area contributed by atoms with Crippen LogP contribution in [0.4, 0.5) is 0 Å². The summed E-state index contributed by atoms with van der Waals surface area (Å²) in [6, 6.07) is 8.34. The number of carbonyl (C=O) groups excluding carboxylic acids is 1. The number of amides is 1. The molecule has 1 heterocycles. The molecule has 4 unspecified atom stereocenters. The Kier molecular flexibility index (Phi) is 4.47. The average molecular weight is 420 g/mol. The van der Waals surface area contributed by atoms with Crippen molar-refractivity contribution < 1.29 is 14.7 Å². The first-order chi connectivity index (χ1) is 14.7. The average Bonchev–Trinajstić information content (AvgIpc) is 2.90. The van der Waals surface area contributed by atoms with Gasteiger partial charge in [-0.05, 0) is 68.8 Å². The van der Waals surface area contributed by atoms with Gasteiger partial charge in [0, 0.05) is 5.56 Å². The highest BCUT2D eigenvalue weighted by Crippen LogP contribution is 2.65. The molecule has 162 valence electrons. The van der Waals surface area contributed by atoms with Gasteiger partial charge in [0.1, 0.15) is 5.69 Å². The van der Waals surface area contributed by atoms with E-state index in [1.807, 2.05) is 19.1 Å². The Hall–Kier alpha value is -2.76. The normalized spacial score (nSPS) is 31.4. The number of aliphatic carboxylic acids is 1. The molecule has 2 aromatic rings. The van der Waals surface area contributed by atoms with E-state index >= 15 is 0 Å². The van der Waals surface area contributed by atoms with Crippen LogP contribution in [-0.2, 0) is 10.2 Å². The van der Waals surface area contributed by atoms with Gasteiger partial charge in [-0.15, -0.1) is 0 Å². The Balaban J connectivity index is 1.52. The number of carboxylic acids is 1. The van der Waals surface area contributed by atoms with Crippen LogP contribution in [0.2, 0.25) is 0 Å². The first-order valence-corrected chi connectivity index (χ1v) is 11.2. The van der Waals surface area contributed by atoms with Crippen molar-refractivity contribution in [3.63, 3.8) is 0 Å². The molecule has 0 aliphatic heterocycles. The van der Waals surface area contributed by atoms with Gasteiger partial charge < -0.3 is 10.8 Å². The van der Waals surface area contributed by atoms with Crippen LogP contribution in [0, 0.1) is 31.1 Å². The summed E-state index contributed by atoms with van der Waals surface area (Å²) >= 11 is 0. The van der Waals surface area contributed by atoms with Crippen molar-refractivity contribution in [1.29, 1.82) is 0 Å². The third-order valence-electron chi connectivity index (χ3n) is 8.23. The van der Waals surface area contributed by atoms with Crippen molar-refractivity contribution in [3.05, 3.63) is 46.9 Å². The zero-order chi connectivity index (χ0) is 22.0. The highest BCUT2D eigenvalue weighted by molar-refractivity contribution is 5.92. The summed E-state index contributed by atoms with van der Waals surface area (Å²) in [4.78, 5) is 33.0. The van der Waals surface area contributed by atoms with Crippen LogP contribution in [0.5, 0.6) is 0 Å². The molecule has 3 fully saturated rings. The fourth-order valence-electron chi connectivity index (χ4n) is 6.98. The van der Waals surface area contributed by atoms with Crippen LogP contribution in [0.3, 0.4) is 0 Å². The number of fused-ring (bicyclic) bond motifs is 2. The lowest BCUT2D eigenvalue weighted by molar-refractivity contribution is -0.153. The monoisotopic (exact) mass is 419 g/mol. The fraction of sp³-hybridized carbons (Fsp3) is 0.520. The van der Waals surface area contributed by atoms with Crippen LogP contribution in [0.25, 0.3) is 11.3 Å². The second-order valence-electron chi connectivity index (χ2n) is 10.1. The van der Waals surface area contributed by atoms with E-state index in [1.165, 1.54) is 5.56 Å². The highest BCUT2D eigenvalue weighted by atomic mass is 16.4. The Morgan fingerprint density at radius 1 is 1.03 bits per heavy atom. The molecule has 3 N–H and O–H groups in total. The molecule has 6 heteroatoms. The first kappa shape index (κ1) is 20.2. The van der Waals surface area contributed by atoms with Gasteiger partial charge >= 0.3 is 5.97 Å². The lowest BCUT2D eigenvalue weighted by atomic mass is 9.59. The van der Waals surface area contributed by atoms with E-state index in [2.05, 4.69) is 22.1 Å². The third-order valence-corrected chi connectivity index (χ3v) is 8.23. The van der Waals surface area contributed by atoms with Crippen molar-refractivity contribution in [1.82, 2.24) is 9.97 Å². The molecule has 0 spiro atoms. The predicted molar refractivity (Wildman–Crippen MR) is 117 cm³/mol. The molecule has 0 saturated heterocycles. The van der Waals surface area contributed by atoms with Gasteiger partial charge in [-0.1, -0.05) is 37.1 Å². The maximum absolute atomic E-state index is 12.3. The van der Waals surface area contributed by atoms with E-state index in [0.717, 1.165) is 56.2 Å². The molecule has 3 aliphatic carbocycles. The quantitative estimate of drug-likeness (QED) is 0.773. The summed E-state index contributed by atoms with van der Waals surface area (Å²) in [6.45, 7) is 3.62. The number of rotatable bonds is 4. The van der Waals surface area contributed by atoms with E-state index in [9.17, 15) is 14.7 Å². The number of hydrogen-bond acceptors (Lipinski definition) is 4. The van der Waals surface area contributed by atoms with E-state index in [0.29, 0.717) is 23.2 Å². The number of nitrogens with two attached hydrogens (primary N) is 1. The molecular formula is C25H29N3O3. The summed E-state index contributed by atoms with van der Waals surface area (Å²) < 4.78 is 0. The maximum Gasteiger partial charge on any atom is 0.309 e. The first-order valence-electron chi connectivity index (χ1n) is 11.2. The molecule has 31 heavy (non-hydrogen) atoms. The number of primary amides is 1. The SMILES string of the molecule is Cc1nc(C)c(-c2ccc(C34CC5CCCC(C(=O)O)(CC5C3)C4)cc2)nc1C(N)=O. The van der Waals surface area contributed by atoms with Gasteiger partial charge in [0.2, 0.25) is 0 Å². The predicted octanol–water partition coefficient (Wildman–Crippen LogP) is 4.17. The molecule has 1 aromatic heterocycles. The molecule has 3 saturated carbocycles. The number of aromatic nitrogens is 2. The van der Waals surface area contributed by atoms with Gasteiger partial charge in [0.15, 0.2) is 0 Å². The molecule has 3 bridgehead atoms. The van der Waals surface area contributed by atoms with Crippen molar-refractivity contribution in [2.24, 2.45) is 23.0 Å². The third kappa shape index (κ3) is 3.07. The van der Waals surface area contributed by atoms with Crippen molar-refractivity contribution in [3.8, 4) is 11.3 Å². The minimum atomic E-state index is -0.606. The van der Waals surface area contributed by atoms with E-state index in [4.69, 9.17) is 5.73 Å². The zero-order valence-corrected chi connectivity index (χ0v) is 18.1. The van der Waals surface area contributed by atoms with Crippen LogP contribution in [0.15, 0.2) is 24.3 Å². The van der Waals surface area contributed by atoms with Gasteiger partial charge in [-0.3, -0.25) is 14.6 Å². The van der Waals surface area contributed by atoms with Crippen molar-refractivity contribution in [2.45, 2.75) is 64.2 Å². The Morgan fingerprint density at radius 3 is 2.42 bits per heavy atom. The Labute approximate surface area is 182 Å². The molecule has 3 aliphatic rings.